The second-order valence-electron chi connectivity index (χ2n) is 0.447. The summed E-state index contributed by atoms with van der Waals surface area (Å²) in [4.78, 5) is 25.6. The molecule has 4 nitrogen and oxygen atoms in total. The molecule has 0 amide bonds. The molecule has 0 aromatic rings. The van der Waals surface area contributed by atoms with Crippen LogP contribution in [0, 0.1) is 0 Å². The van der Waals surface area contributed by atoms with E-state index in [1.165, 1.54) is 0 Å². The molecular formula is Li2NaO4P. The zero-order chi connectivity index (χ0) is 4.50. The van der Waals surface area contributed by atoms with Crippen LogP contribution in [0.15, 0.2) is 0 Å². The van der Waals surface area contributed by atoms with Crippen LogP contribution in [0.25, 0.3) is 0 Å². The Kier molecular flexibility index (Phi) is 26.1. The second-order valence-corrected chi connectivity index (χ2v) is 1.34. The molecule has 0 saturated carbocycles. The largest absolute Gasteiger partial charge is 1.00 e. The average molecular weight is 132 g/mol. The average Bonchev–Trinajstić information content (AvgIpc) is 0.722. The van der Waals surface area contributed by atoms with E-state index in [1.807, 2.05) is 0 Å². The minimum atomic E-state index is -5.39. The van der Waals surface area contributed by atoms with Gasteiger partial charge >= 0.3 is 67.3 Å². The summed E-state index contributed by atoms with van der Waals surface area (Å²) in [6.45, 7) is 0. The SMILES string of the molecule is O=P([O-])([O-])[O-].[Li+].[Li+].[Na+]. The van der Waals surface area contributed by atoms with Gasteiger partial charge in [-0.25, -0.2) is 0 Å². The van der Waals surface area contributed by atoms with Crippen molar-refractivity contribution in [2.45, 2.75) is 0 Å². The maximum atomic E-state index is 8.55. The smallest absolute Gasteiger partial charge is 0.822 e. The van der Waals surface area contributed by atoms with Crippen molar-refractivity contribution in [1.29, 1.82) is 0 Å². The fourth-order valence-electron chi connectivity index (χ4n) is 0. The third kappa shape index (κ3) is 83.4. The Hall–Kier alpha value is 2.30. The van der Waals surface area contributed by atoms with Crippen LogP contribution in [-0.4, -0.2) is 0 Å². The van der Waals surface area contributed by atoms with Crippen LogP contribution in [0.2, 0.25) is 0 Å². The molecule has 0 radical (unpaired) electrons. The maximum Gasteiger partial charge on any atom is 1.00 e. The van der Waals surface area contributed by atoms with Gasteiger partial charge in [0.05, 0.1) is 0 Å². The van der Waals surface area contributed by atoms with Gasteiger partial charge < -0.3 is 19.2 Å². The molecule has 8 heavy (non-hydrogen) atoms. The van der Waals surface area contributed by atoms with Crippen molar-refractivity contribution in [3.63, 3.8) is 0 Å². The van der Waals surface area contributed by atoms with Crippen LogP contribution in [0.3, 0.4) is 0 Å². The summed E-state index contributed by atoms with van der Waals surface area (Å²) < 4.78 is 8.55. The summed E-state index contributed by atoms with van der Waals surface area (Å²) in [7, 11) is -5.39. The fraction of sp³-hybridized carbons (Fsp3) is 0. The molecule has 32 valence electrons. The Balaban J connectivity index is -0.0000000267. The first kappa shape index (κ1) is 22.4. The molecule has 0 atom stereocenters. The van der Waals surface area contributed by atoms with Crippen LogP contribution in [0.1, 0.15) is 0 Å². The van der Waals surface area contributed by atoms with E-state index >= 15 is 0 Å². The monoisotopic (exact) mass is 132 g/mol. The molecule has 0 saturated heterocycles. The van der Waals surface area contributed by atoms with Crippen LogP contribution in [0.5, 0.6) is 0 Å². The van der Waals surface area contributed by atoms with Gasteiger partial charge in [0.25, 0.3) is 0 Å². The molecule has 0 rings (SSSR count). The summed E-state index contributed by atoms with van der Waals surface area (Å²) in [5.41, 5.74) is 0. The first-order chi connectivity index (χ1) is 2.00. The molecule has 0 aromatic carbocycles. The van der Waals surface area contributed by atoms with Crippen molar-refractivity contribution in [3.8, 4) is 0 Å². The van der Waals surface area contributed by atoms with Crippen molar-refractivity contribution >= 4 is 7.82 Å². The first-order valence-corrected chi connectivity index (χ1v) is 2.19. The fourth-order valence-corrected chi connectivity index (χ4v) is 0. The second kappa shape index (κ2) is 9.30. The van der Waals surface area contributed by atoms with Gasteiger partial charge in [-0.05, 0) is 0 Å². The van der Waals surface area contributed by atoms with E-state index < -0.39 is 7.82 Å². The van der Waals surface area contributed by atoms with E-state index in [4.69, 9.17) is 19.2 Å². The van der Waals surface area contributed by atoms with Gasteiger partial charge in [-0.2, -0.15) is 7.82 Å². The minimum absolute atomic E-state index is 0. The summed E-state index contributed by atoms with van der Waals surface area (Å²) in [6, 6.07) is 0. The normalized spacial score (nSPS) is 7.38. The van der Waals surface area contributed by atoms with Crippen molar-refractivity contribution in [1.82, 2.24) is 0 Å². The van der Waals surface area contributed by atoms with Gasteiger partial charge in [-0.3, -0.25) is 0 Å². The molecule has 0 aliphatic carbocycles. The molecule has 0 aromatic heterocycles. The van der Waals surface area contributed by atoms with Gasteiger partial charge in [0.15, 0.2) is 0 Å². The summed E-state index contributed by atoms with van der Waals surface area (Å²) in [5.74, 6) is 0. The van der Waals surface area contributed by atoms with Crippen molar-refractivity contribution in [3.05, 3.63) is 0 Å². The summed E-state index contributed by atoms with van der Waals surface area (Å²) >= 11 is 0. The Morgan fingerprint density at radius 3 is 1.00 bits per heavy atom. The molecule has 0 heterocycles. The molecule has 0 N–H and O–H groups in total. The predicted molar refractivity (Wildman–Crippen MR) is 7.61 cm³/mol. The molecule has 0 fully saturated rings. The third-order valence-corrected chi connectivity index (χ3v) is 0. The van der Waals surface area contributed by atoms with Gasteiger partial charge in [-0.1, -0.05) is 0 Å². The van der Waals surface area contributed by atoms with Gasteiger partial charge in [0, 0.05) is 0 Å². The number of phosphoric acid groups is 1. The van der Waals surface area contributed by atoms with E-state index in [1.54, 1.807) is 0 Å². The molecule has 0 bridgehead atoms. The minimum Gasteiger partial charge on any atom is -0.822 e. The zero-order valence-corrected chi connectivity index (χ0v) is 7.97. The van der Waals surface area contributed by atoms with E-state index in [-0.39, 0.29) is 67.3 Å². The van der Waals surface area contributed by atoms with Crippen molar-refractivity contribution < 1.29 is 86.5 Å². The van der Waals surface area contributed by atoms with Crippen molar-refractivity contribution in [2.24, 2.45) is 0 Å². The standard InChI is InChI=1S/2Li.Na.H3O4P/c;;;1-5(2,3)4/h;;;(H3,1,2,3,4)/q3*+1;/p-3. The van der Waals surface area contributed by atoms with Gasteiger partial charge in [0.1, 0.15) is 0 Å². The maximum absolute atomic E-state index is 8.55. The predicted octanol–water partition coefficient (Wildman–Crippen LogP) is -11.8. The quantitative estimate of drug-likeness (QED) is 0.242. The van der Waals surface area contributed by atoms with Gasteiger partial charge in [0.2, 0.25) is 0 Å². The summed E-state index contributed by atoms with van der Waals surface area (Å²) in [5, 5.41) is 0. The molecule has 0 unspecified atom stereocenters. The van der Waals surface area contributed by atoms with E-state index in [9.17, 15) is 0 Å². The molecule has 0 aliphatic rings. The Morgan fingerprint density at radius 1 is 1.00 bits per heavy atom. The van der Waals surface area contributed by atoms with E-state index in [2.05, 4.69) is 0 Å². The Morgan fingerprint density at radius 2 is 1.00 bits per heavy atom. The molecule has 8 heteroatoms. The Labute approximate surface area is 93.3 Å². The number of hydrogen-bond acceptors (Lipinski definition) is 4. The number of rotatable bonds is 0. The van der Waals surface area contributed by atoms with Crippen LogP contribution < -0.4 is 82.0 Å². The molecule has 0 spiro atoms. The van der Waals surface area contributed by atoms with Crippen LogP contribution in [-0.2, 0) is 4.57 Å². The molecular weight excluding hydrogens is 132 g/mol. The topological polar surface area (TPSA) is 86.2 Å². The molecule has 0 aliphatic heterocycles. The third-order valence-electron chi connectivity index (χ3n) is 0. The van der Waals surface area contributed by atoms with Crippen LogP contribution >= 0.6 is 7.82 Å². The van der Waals surface area contributed by atoms with E-state index in [0.717, 1.165) is 0 Å². The summed E-state index contributed by atoms with van der Waals surface area (Å²) in [6.07, 6.45) is 0. The Bertz CT molecular complexity index is 60.2. The van der Waals surface area contributed by atoms with E-state index in [0.29, 0.717) is 0 Å². The first-order valence-electron chi connectivity index (χ1n) is 0.730. The zero-order valence-electron chi connectivity index (χ0n) is 5.08. The van der Waals surface area contributed by atoms with Crippen LogP contribution in [0.4, 0.5) is 0 Å². The van der Waals surface area contributed by atoms with Crippen molar-refractivity contribution in [2.75, 3.05) is 0 Å². The number of hydrogen-bond donors (Lipinski definition) is 0. The van der Waals surface area contributed by atoms with Gasteiger partial charge in [-0.15, -0.1) is 0 Å².